The molecule has 1 aromatic carbocycles. The first-order valence-electron chi connectivity index (χ1n) is 8.93. The molecule has 0 spiro atoms. The van der Waals surface area contributed by atoms with Crippen LogP contribution in [0.3, 0.4) is 0 Å². The Kier molecular flexibility index (Phi) is 4.61. The zero-order chi connectivity index (χ0) is 17.1. The van der Waals surface area contributed by atoms with E-state index in [2.05, 4.69) is 51.3 Å². The van der Waals surface area contributed by atoms with Gasteiger partial charge in [-0.3, -0.25) is 9.88 Å². The smallest absolute Gasteiger partial charge is 0.214 e. The van der Waals surface area contributed by atoms with Crippen LogP contribution in [0.15, 0.2) is 54.7 Å². The van der Waals surface area contributed by atoms with Gasteiger partial charge in [0.05, 0.1) is 5.52 Å². The summed E-state index contributed by atoms with van der Waals surface area (Å²) in [7, 11) is 0. The first-order chi connectivity index (χ1) is 12.3. The van der Waals surface area contributed by atoms with E-state index >= 15 is 0 Å². The van der Waals surface area contributed by atoms with Crippen molar-refractivity contribution in [1.29, 1.82) is 0 Å². The van der Waals surface area contributed by atoms with Crippen LogP contribution >= 0.6 is 0 Å². The molecule has 128 valence electrons. The third-order valence-electron chi connectivity index (χ3n) is 4.86. The molecule has 4 rings (SSSR count). The Morgan fingerprint density at radius 1 is 1.04 bits per heavy atom. The van der Waals surface area contributed by atoms with Gasteiger partial charge in [-0.05, 0) is 37.5 Å². The molecule has 25 heavy (non-hydrogen) atoms. The molecule has 1 saturated heterocycles. The van der Waals surface area contributed by atoms with Gasteiger partial charge in [-0.2, -0.15) is 0 Å². The molecule has 2 aromatic heterocycles. The van der Waals surface area contributed by atoms with Gasteiger partial charge in [-0.15, -0.1) is 0 Å². The lowest BCUT2D eigenvalue weighted by Gasteiger charge is -2.31. The summed E-state index contributed by atoms with van der Waals surface area (Å²) in [6, 6.07) is 16.6. The number of aryl methyl sites for hydroxylation is 1. The van der Waals surface area contributed by atoms with Crippen LogP contribution in [-0.2, 0) is 6.54 Å². The molecule has 0 amide bonds. The third-order valence-corrected chi connectivity index (χ3v) is 4.86. The number of benzene rings is 1. The molecule has 0 unspecified atom stereocenters. The summed E-state index contributed by atoms with van der Waals surface area (Å²) < 4.78 is 6.14. The number of piperidine rings is 1. The quantitative estimate of drug-likeness (QED) is 0.724. The first-order valence-corrected chi connectivity index (χ1v) is 8.93. The van der Waals surface area contributed by atoms with Gasteiger partial charge >= 0.3 is 0 Å². The van der Waals surface area contributed by atoms with E-state index in [-0.39, 0.29) is 6.10 Å². The average Bonchev–Trinajstić information content (AvgIpc) is 2.64. The maximum atomic E-state index is 6.14. The summed E-state index contributed by atoms with van der Waals surface area (Å²) in [4.78, 5) is 11.4. The van der Waals surface area contributed by atoms with Crippen LogP contribution in [-0.4, -0.2) is 34.1 Å². The highest BCUT2D eigenvalue weighted by Gasteiger charge is 2.21. The van der Waals surface area contributed by atoms with E-state index in [0.29, 0.717) is 0 Å². The number of pyridine rings is 2. The normalized spacial score (nSPS) is 16.2. The van der Waals surface area contributed by atoms with Gasteiger partial charge in [0, 0.05) is 43.0 Å². The maximum Gasteiger partial charge on any atom is 0.214 e. The van der Waals surface area contributed by atoms with Crippen molar-refractivity contribution in [3.05, 3.63) is 66.0 Å². The molecule has 0 aliphatic carbocycles. The van der Waals surface area contributed by atoms with E-state index in [1.807, 2.05) is 19.1 Å². The summed E-state index contributed by atoms with van der Waals surface area (Å²) in [5.74, 6) is 0.722. The molecule has 1 fully saturated rings. The van der Waals surface area contributed by atoms with Crippen LogP contribution in [0.1, 0.15) is 24.1 Å². The lowest BCUT2D eigenvalue weighted by Crippen LogP contribution is -2.37. The SMILES string of the molecule is Cc1nccc2nc(OC3CCN(Cc4ccccc4)CC3)ccc12. The van der Waals surface area contributed by atoms with Crippen molar-refractivity contribution in [2.24, 2.45) is 0 Å². The lowest BCUT2D eigenvalue weighted by molar-refractivity contribution is 0.0935. The first kappa shape index (κ1) is 16.0. The molecule has 3 heterocycles. The Morgan fingerprint density at radius 3 is 2.64 bits per heavy atom. The zero-order valence-corrected chi connectivity index (χ0v) is 14.6. The largest absolute Gasteiger partial charge is 0.474 e. The highest BCUT2D eigenvalue weighted by molar-refractivity contribution is 5.80. The minimum atomic E-state index is 0.250. The molecular weight excluding hydrogens is 310 g/mol. The van der Waals surface area contributed by atoms with Crippen LogP contribution in [0.5, 0.6) is 5.88 Å². The summed E-state index contributed by atoms with van der Waals surface area (Å²) in [6.07, 6.45) is 4.14. The van der Waals surface area contributed by atoms with Gasteiger partial charge in [0.1, 0.15) is 6.10 Å². The topological polar surface area (TPSA) is 38.3 Å². The molecule has 0 bridgehead atoms. The molecule has 0 atom stereocenters. The monoisotopic (exact) mass is 333 g/mol. The predicted molar refractivity (Wildman–Crippen MR) is 99.6 cm³/mol. The highest BCUT2D eigenvalue weighted by atomic mass is 16.5. The fourth-order valence-electron chi connectivity index (χ4n) is 3.44. The minimum Gasteiger partial charge on any atom is -0.474 e. The van der Waals surface area contributed by atoms with Crippen molar-refractivity contribution in [3.63, 3.8) is 0 Å². The van der Waals surface area contributed by atoms with Crippen molar-refractivity contribution in [2.75, 3.05) is 13.1 Å². The number of ether oxygens (including phenoxy) is 1. The second-order valence-corrected chi connectivity index (χ2v) is 6.69. The molecule has 0 N–H and O–H groups in total. The molecule has 4 nitrogen and oxygen atoms in total. The number of hydrogen-bond acceptors (Lipinski definition) is 4. The van der Waals surface area contributed by atoms with Crippen LogP contribution in [0.2, 0.25) is 0 Å². The van der Waals surface area contributed by atoms with Gasteiger partial charge in [-0.25, -0.2) is 4.98 Å². The second-order valence-electron chi connectivity index (χ2n) is 6.69. The van der Waals surface area contributed by atoms with Crippen molar-refractivity contribution < 1.29 is 4.74 Å². The van der Waals surface area contributed by atoms with Crippen LogP contribution in [0, 0.1) is 6.92 Å². The Balaban J connectivity index is 1.35. The highest BCUT2D eigenvalue weighted by Crippen LogP contribution is 2.22. The van der Waals surface area contributed by atoms with Gasteiger partial charge in [0.15, 0.2) is 0 Å². The van der Waals surface area contributed by atoms with Crippen molar-refractivity contribution in [3.8, 4) is 5.88 Å². The van der Waals surface area contributed by atoms with Gasteiger partial charge in [-0.1, -0.05) is 30.3 Å². The van der Waals surface area contributed by atoms with Crippen LogP contribution in [0.25, 0.3) is 10.9 Å². The number of aromatic nitrogens is 2. The van der Waals surface area contributed by atoms with E-state index < -0.39 is 0 Å². The van der Waals surface area contributed by atoms with E-state index in [4.69, 9.17) is 4.74 Å². The molecule has 0 radical (unpaired) electrons. The Labute approximate surface area is 148 Å². The Morgan fingerprint density at radius 2 is 1.84 bits per heavy atom. The average molecular weight is 333 g/mol. The standard InChI is InChI=1S/C21H23N3O/c1-16-19-7-8-21(23-20(19)9-12-22-16)25-18-10-13-24(14-11-18)15-17-5-3-2-4-6-17/h2-9,12,18H,10-11,13-15H2,1H3. The number of hydrogen-bond donors (Lipinski definition) is 0. The maximum absolute atomic E-state index is 6.14. The Bertz CT molecular complexity index is 842. The van der Waals surface area contributed by atoms with Gasteiger partial charge in [0.2, 0.25) is 5.88 Å². The van der Waals surface area contributed by atoms with Gasteiger partial charge < -0.3 is 4.74 Å². The van der Waals surface area contributed by atoms with Crippen LogP contribution < -0.4 is 4.74 Å². The Hall–Kier alpha value is -2.46. The number of fused-ring (bicyclic) bond motifs is 1. The van der Waals surface area contributed by atoms with E-state index in [0.717, 1.165) is 55.0 Å². The number of nitrogens with zero attached hydrogens (tertiary/aromatic N) is 3. The number of likely N-dealkylation sites (tertiary alicyclic amines) is 1. The minimum absolute atomic E-state index is 0.250. The molecule has 1 aliphatic rings. The van der Waals surface area contributed by atoms with Crippen molar-refractivity contribution >= 4 is 10.9 Å². The summed E-state index contributed by atoms with van der Waals surface area (Å²) >= 11 is 0. The van der Waals surface area contributed by atoms with E-state index in [9.17, 15) is 0 Å². The zero-order valence-electron chi connectivity index (χ0n) is 14.6. The second kappa shape index (κ2) is 7.19. The fourth-order valence-corrected chi connectivity index (χ4v) is 3.44. The van der Waals surface area contributed by atoms with E-state index in [1.165, 1.54) is 5.56 Å². The summed E-state index contributed by atoms with van der Waals surface area (Å²) in [5, 5.41) is 1.09. The molecule has 4 heteroatoms. The van der Waals surface area contributed by atoms with Crippen molar-refractivity contribution in [2.45, 2.75) is 32.4 Å². The summed E-state index contributed by atoms with van der Waals surface area (Å²) in [5.41, 5.74) is 3.33. The van der Waals surface area contributed by atoms with Crippen LogP contribution in [0.4, 0.5) is 0 Å². The fraction of sp³-hybridized carbons (Fsp3) is 0.333. The predicted octanol–water partition coefficient (Wildman–Crippen LogP) is 3.98. The van der Waals surface area contributed by atoms with Crippen molar-refractivity contribution in [1.82, 2.24) is 14.9 Å². The molecule has 3 aromatic rings. The number of rotatable bonds is 4. The van der Waals surface area contributed by atoms with E-state index in [1.54, 1.807) is 6.20 Å². The summed E-state index contributed by atoms with van der Waals surface area (Å²) in [6.45, 7) is 5.16. The molecule has 1 aliphatic heterocycles. The molecular formula is C21H23N3O. The lowest BCUT2D eigenvalue weighted by atomic mass is 10.1. The third kappa shape index (κ3) is 3.80. The van der Waals surface area contributed by atoms with Gasteiger partial charge in [0.25, 0.3) is 0 Å². The molecule has 0 saturated carbocycles.